The summed E-state index contributed by atoms with van der Waals surface area (Å²) in [7, 11) is 0. The molecule has 8 heteroatoms. The molecule has 0 aliphatic rings. The van der Waals surface area contributed by atoms with Crippen LogP contribution in [0.15, 0.2) is 80.4 Å². The van der Waals surface area contributed by atoms with E-state index in [1.54, 1.807) is 36.4 Å². The number of hydrogen-bond acceptors (Lipinski definition) is 5. The molecule has 0 fully saturated rings. The van der Waals surface area contributed by atoms with Crippen LogP contribution in [-0.4, -0.2) is 4.92 Å². The Labute approximate surface area is 177 Å². The molecule has 0 N–H and O–H groups in total. The molecule has 0 aliphatic carbocycles. The van der Waals surface area contributed by atoms with Crippen LogP contribution in [0.3, 0.4) is 0 Å². The van der Waals surface area contributed by atoms with Crippen LogP contribution in [-0.2, 0) is 6.61 Å². The molecule has 0 saturated heterocycles. The normalized spacial score (nSPS) is 10.9. The maximum atomic E-state index is 14.0. The summed E-state index contributed by atoms with van der Waals surface area (Å²) >= 11 is 3.20. The summed E-state index contributed by atoms with van der Waals surface area (Å²) < 4.78 is 25.5. The lowest BCUT2D eigenvalue weighted by Gasteiger charge is -2.10. The minimum Gasteiger partial charge on any atom is -0.489 e. The van der Waals surface area contributed by atoms with Gasteiger partial charge in [-0.25, -0.2) is 9.18 Å². The molecule has 0 spiro atoms. The summed E-state index contributed by atoms with van der Waals surface area (Å²) in [5.41, 5.74) is 0.997. The van der Waals surface area contributed by atoms with Gasteiger partial charge in [-0.15, -0.1) is 0 Å². The summed E-state index contributed by atoms with van der Waals surface area (Å²) in [5, 5.41) is 11.7. The van der Waals surface area contributed by atoms with Gasteiger partial charge >= 0.3 is 5.63 Å². The zero-order valence-electron chi connectivity index (χ0n) is 15.3. The van der Waals surface area contributed by atoms with Crippen LogP contribution in [0.4, 0.5) is 10.1 Å². The molecule has 4 aromatic rings. The Morgan fingerprint density at radius 1 is 1.07 bits per heavy atom. The number of nitro groups is 1. The monoisotopic (exact) mass is 469 g/mol. The van der Waals surface area contributed by atoms with E-state index in [0.717, 1.165) is 0 Å². The molecule has 0 unspecified atom stereocenters. The molecule has 0 atom stereocenters. The topological polar surface area (TPSA) is 82.6 Å². The third-order valence-electron chi connectivity index (χ3n) is 4.49. The second-order valence-electron chi connectivity index (χ2n) is 6.47. The Morgan fingerprint density at radius 3 is 2.67 bits per heavy atom. The Kier molecular flexibility index (Phi) is 5.33. The van der Waals surface area contributed by atoms with Crippen molar-refractivity contribution in [2.75, 3.05) is 0 Å². The SMILES string of the molecule is O=c1cc(-c2cccc([N+](=O)[O-])c2)c2ccc(OCc3ccc(Br)cc3F)cc2o1. The van der Waals surface area contributed by atoms with Crippen LogP contribution in [0.25, 0.3) is 22.1 Å². The minimum absolute atomic E-state index is 0.000573. The minimum atomic E-state index is -0.597. The van der Waals surface area contributed by atoms with Gasteiger partial charge in [0.25, 0.3) is 5.69 Å². The van der Waals surface area contributed by atoms with Gasteiger partial charge in [0.15, 0.2) is 0 Å². The van der Waals surface area contributed by atoms with Gasteiger partial charge in [-0.05, 0) is 29.8 Å². The highest BCUT2D eigenvalue weighted by molar-refractivity contribution is 9.10. The average molecular weight is 470 g/mol. The lowest BCUT2D eigenvalue weighted by Crippen LogP contribution is -2.00. The predicted molar refractivity (Wildman–Crippen MR) is 113 cm³/mol. The molecule has 6 nitrogen and oxygen atoms in total. The maximum Gasteiger partial charge on any atom is 0.336 e. The van der Waals surface area contributed by atoms with Crippen LogP contribution < -0.4 is 10.4 Å². The molecule has 0 amide bonds. The molecule has 0 radical (unpaired) electrons. The summed E-state index contributed by atoms with van der Waals surface area (Å²) in [5.74, 6) is -0.00573. The van der Waals surface area contributed by atoms with Gasteiger partial charge in [-0.3, -0.25) is 10.1 Å². The molecule has 0 saturated carbocycles. The summed E-state index contributed by atoms with van der Waals surface area (Å²) in [4.78, 5) is 22.6. The number of rotatable bonds is 5. The van der Waals surface area contributed by atoms with E-state index in [0.29, 0.717) is 32.3 Å². The Bertz CT molecular complexity index is 1330. The highest BCUT2D eigenvalue weighted by Gasteiger charge is 2.13. The van der Waals surface area contributed by atoms with Crippen molar-refractivity contribution in [3.63, 3.8) is 0 Å². The fraction of sp³-hybridized carbons (Fsp3) is 0.0455. The number of non-ortho nitro benzene ring substituents is 1. The lowest BCUT2D eigenvalue weighted by atomic mass is 10.0. The van der Waals surface area contributed by atoms with Crippen molar-refractivity contribution in [3.8, 4) is 16.9 Å². The number of fused-ring (bicyclic) bond motifs is 1. The molecule has 1 aromatic heterocycles. The van der Waals surface area contributed by atoms with E-state index in [2.05, 4.69) is 15.9 Å². The zero-order valence-corrected chi connectivity index (χ0v) is 16.9. The number of nitro benzene ring substituents is 1. The van der Waals surface area contributed by atoms with Crippen LogP contribution in [0.1, 0.15) is 5.56 Å². The second-order valence-corrected chi connectivity index (χ2v) is 7.38. The smallest absolute Gasteiger partial charge is 0.336 e. The van der Waals surface area contributed by atoms with E-state index in [-0.39, 0.29) is 17.9 Å². The Morgan fingerprint density at radius 2 is 1.90 bits per heavy atom. The molecular formula is C22H13BrFNO5. The summed E-state index contributed by atoms with van der Waals surface area (Å²) in [6.45, 7) is -0.000573. The number of halogens is 2. The third kappa shape index (κ3) is 4.08. The second kappa shape index (κ2) is 8.08. The van der Waals surface area contributed by atoms with Crippen LogP contribution in [0.5, 0.6) is 5.75 Å². The van der Waals surface area contributed by atoms with Crippen molar-refractivity contribution >= 4 is 32.6 Å². The average Bonchev–Trinajstić information content (AvgIpc) is 2.72. The van der Waals surface area contributed by atoms with Crippen LogP contribution in [0.2, 0.25) is 0 Å². The molecule has 150 valence electrons. The van der Waals surface area contributed by atoms with Gasteiger partial charge in [0.1, 0.15) is 23.8 Å². The Hall–Kier alpha value is -3.52. The third-order valence-corrected chi connectivity index (χ3v) is 4.99. The molecule has 30 heavy (non-hydrogen) atoms. The number of ether oxygens (including phenoxy) is 1. The largest absolute Gasteiger partial charge is 0.489 e. The van der Waals surface area contributed by atoms with Crippen molar-refractivity contribution in [3.05, 3.63) is 103 Å². The van der Waals surface area contributed by atoms with Gasteiger partial charge in [0.2, 0.25) is 0 Å². The molecule has 0 bridgehead atoms. The first-order chi connectivity index (χ1) is 14.4. The van der Waals surface area contributed by atoms with Crippen molar-refractivity contribution in [1.82, 2.24) is 0 Å². The van der Waals surface area contributed by atoms with Gasteiger partial charge in [-0.1, -0.05) is 34.1 Å². The molecule has 1 heterocycles. The van der Waals surface area contributed by atoms with Gasteiger partial charge in [0.05, 0.1) is 4.92 Å². The van der Waals surface area contributed by atoms with Crippen molar-refractivity contribution < 1.29 is 18.5 Å². The highest BCUT2D eigenvalue weighted by atomic mass is 79.9. The standard InChI is InChI=1S/C22H13BrFNO5/c23-15-5-4-14(20(24)9-15)12-29-17-6-7-18-19(11-22(26)30-21(18)10-17)13-2-1-3-16(8-13)25(27)28/h1-11H,12H2. The number of benzene rings is 3. The van der Waals surface area contributed by atoms with Gasteiger partial charge in [0, 0.05) is 45.3 Å². The van der Waals surface area contributed by atoms with E-state index in [9.17, 15) is 19.3 Å². The van der Waals surface area contributed by atoms with Crippen molar-refractivity contribution in [2.24, 2.45) is 0 Å². The number of nitrogens with zero attached hydrogens (tertiary/aromatic N) is 1. The van der Waals surface area contributed by atoms with Gasteiger partial charge < -0.3 is 9.15 Å². The van der Waals surface area contributed by atoms with Crippen LogP contribution >= 0.6 is 15.9 Å². The molecular weight excluding hydrogens is 457 g/mol. The summed E-state index contributed by atoms with van der Waals surface area (Å²) in [6.07, 6.45) is 0. The first kappa shape index (κ1) is 19.8. The fourth-order valence-electron chi connectivity index (χ4n) is 3.06. The first-order valence-electron chi connectivity index (χ1n) is 8.80. The van der Waals surface area contributed by atoms with E-state index < -0.39 is 16.4 Å². The van der Waals surface area contributed by atoms with Gasteiger partial charge in [-0.2, -0.15) is 0 Å². The quantitative estimate of drug-likeness (QED) is 0.208. The fourth-order valence-corrected chi connectivity index (χ4v) is 3.39. The molecule has 3 aromatic carbocycles. The lowest BCUT2D eigenvalue weighted by molar-refractivity contribution is -0.384. The highest BCUT2D eigenvalue weighted by Crippen LogP contribution is 2.31. The zero-order chi connectivity index (χ0) is 21.3. The van der Waals surface area contributed by atoms with E-state index in [1.807, 2.05) is 0 Å². The Balaban J connectivity index is 1.69. The molecule has 4 rings (SSSR count). The van der Waals surface area contributed by atoms with E-state index in [1.165, 1.54) is 30.3 Å². The van der Waals surface area contributed by atoms with Crippen molar-refractivity contribution in [2.45, 2.75) is 6.61 Å². The van der Waals surface area contributed by atoms with Crippen molar-refractivity contribution in [1.29, 1.82) is 0 Å². The van der Waals surface area contributed by atoms with E-state index >= 15 is 0 Å². The van der Waals surface area contributed by atoms with Crippen LogP contribution in [0, 0.1) is 15.9 Å². The van der Waals surface area contributed by atoms with E-state index in [4.69, 9.17) is 9.15 Å². The maximum absolute atomic E-state index is 14.0. The first-order valence-corrected chi connectivity index (χ1v) is 9.59. The number of hydrogen-bond donors (Lipinski definition) is 0. The summed E-state index contributed by atoms with van der Waals surface area (Å²) in [6, 6.07) is 16.9. The molecule has 0 aliphatic heterocycles. The predicted octanol–water partition coefficient (Wildman–Crippen LogP) is 5.85.